The molecule has 3 nitrogen and oxygen atoms in total. The Hall–Kier alpha value is -4.76. The highest BCUT2D eigenvalue weighted by atomic mass is 15.0. The van der Waals surface area contributed by atoms with Crippen molar-refractivity contribution in [1.82, 2.24) is 15.0 Å². The summed E-state index contributed by atoms with van der Waals surface area (Å²) in [6, 6.07) is 42.0. The molecule has 0 fully saturated rings. The maximum absolute atomic E-state index is 6.35. The lowest BCUT2D eigenvalue weighted by atomic mass is 9.89. The van der Waals surface area contributed by atoms with Gasteiger partial charge in [0.2, 0.25) is 0 Å². The Morgan fingerprint density at radius 2 is 0.632 bits per heavy atom. The molecule has 0 spiro atoms. The number of aromatic nitrogens is 3. The summed E-state index contributed by atoms with van der Waals surface area (Å²) in [5.41, 5.74) is 7.95. The molecule has 0 N–H and O–H groups in total. The first-order valence-electron chi connectivity index (χ1n) is 12.4. The third kappa shape index (κ3) is 5.05. The quantitative estimate of drug-likeness (QED) is 0.293. The van der Waals surface area contributed by atoms with Crippen LogP contribution in [0.15, 0.2) is 127 Å². The van der Waals surface area contributed by atoms with E-state index in [0.717, 1.165) is 38.9 Å². The average Bonchev–Trinajstić information content (AvgIpc) is 2.97. The van der Waals surface area contributed by atoms with Crippen LogP contribution in [0.2, 0.25) is 0 Å². The smallest absolute Gasteiger partial charge is 0.164 e. The zero-order chi connectivity index (χ0) is 25.9. The van der Waals surface area contributed by atoms with Crippen molar-refractivity contribution in [3.05, 3.63) is 127 Å². The number of benzene rings is 5. The van der Waals surface area contributed by atoms with Crippen LogP contribution in [0.1, 0.15) is 0 Å². The van der Waals surface area contributed by atoms with Gasteiger partial charge >= 0.3 is 0 Å². The molecule has 0 unspecified atom stereocenters. The summed E-state index contributed by atoms with van der Waals surface area (Å²) in [6.45, 7) is 0. The van der Waals surface area contributed by atoms with E-state index >= 15 is 0 Å². The fourth-order valence-electron chi connectivity index (χ4n) is 4.51. The van der Waals surface area contributed by atoms with E-state index in [1.54, 1.807) is 0 Å². The first-order valence-corrected chi connectivity index (χ1v) is 12.4. The molecule has 0 saturated carbocycles. The minimum atomic E-state index is 0.544. The molecule has 1 aromatic heterocycles. The number of nitrogens with zero attached hydrogens (tertiary/aromatic N) is 3. The second kappa shape index (κ2) is 10.3. The van der Waals surface area contributed by atoms with Crippen molar-refractivity contribution in [2.24, 2.45) is 0 Å². The van der Waals surface area contributed by atoms with Crippen molar-refractivity contribution in [1.29, 1.82) is 0 Å². The maximum Gasteiger partial charge on any atom is 0.164 e. The SMILES string of the molecule is [B]c1cc(-c2ccccc2)cc(-c2nc(-c3ccccc3)nc(-c3cc([B])cc(-c4ccccc4)c3)n2)c1. The zero-order valence-electron chi connectivity index (χ0n) is 20.6. The molecule has 0 saturated heterocycles. The van der Waals surface area contributed by atoms with E-state index in [0.29, 0.717) is 28.4 Å². The van der Waals surface area contributed by atoms with Gasteiger partial charge in [0.05, 0.1) is 0 Å². The number of hydrogen-bond donors (Lipinski definition) is 0. The molecular weight excluding hydrogens is 460 g/mol. The summed E-state index contributed by atoms with van der Waals surface area (Å²) in [5, 5.41) is 0. The zero-order valence-corrected chi connectivity index (χ0v) is 20.6. The van der Waals surface area contributed by atoms with E-state index in [2.05, 4.69) is 36.4 Å². The normalized spacial score (nSPS) is 10.8. The monoisotopic (exact) mass is 481 g/mol. The van der Waals surface area contributed by atoms with Gasteiger partial charge in [0.15, 0.2) is 17.5 Å². The van der Waals surface area contributed by atoms with E-state index in [-0.39, 0.29) is 0 Å². The highest BCUT2D eigenvalue weighted by molar-refractivity contribution is 6.33. The summed E-state index contributed by atoms with van der Waals surface area (Å²) < 4.78 is 0. The predicted molar refractivity (Wildman–Crippen MR) is 158 cm³/mol. The lowest BCUT2D eigenvalue weighted by Gasteiger charge is -2.12. The first-order chi connectivity index (χ1) is 18.6. The average molecular weight is 481 g/mol. The topological polar surface area (TPSA) is 38.7 Å². The van der Waals surface area contributed by atoms with Crippen molar-refractivity contribution in [2.45, 2.75) is 0 Å². The van der Waals surface area contributed by atoms with Gasteiger partial charge in [0.25, 0.3) is 0 Å². The Morgan fingerprint density at radius 1 is 0.316 bits per heavy atom. The molecule has 0 atom stereocenters. The van der Waals surface area contributed by atoms with Crippen LogP contribution < -0.4 is 10.9 Å². The maximum atomic E-state index is 6.35. The third-order valence-corrected chi connectivity index (χ3v) is 6.31. The molecule has 1 heterocycles. The Labute approximate surface area is 225 Å². The van der Waals surface area contributed by atoms with Crippen molar-refractivity contribution in [3.63, 3.8) is 0 Å². The summed E-state index contributed by atoms with van der Waals surface area (Å²) in [4.78, 5) is 14.7. The third-order valence-electron chi connectivity index (χ3n) is 6.31. The highest BCUT2D eigenvalue weighted by Crippen LogP contribution is 2.29. The lowest BCUT2D eigenvalue weighted by Crippen LogP contribution is -2.07. The Bertz CT molecular complexity index is 1610. The molecule has 6 rings (SSSR count). The second-order valence-electron chi connectivity index (χ2n) is 9.09. The Balaban J connectivity index is 1.54. The van der Waals surface area contributed by atoms with Crippen LogP contribution in [0, 0.1) is 0 Å². The van der Waals surface area contributed by atoms with Crippen LogP contribution in [0.5, 0.6) is 0 Å². The van der Waals surface area contributed by atoms with E-state index in [1.165, 1.54) is 0 Å². The second-order valence-corrected chi connectivity index (χ2v) is 9.09. The molecule has 5 aromatic carbocycles. The molecule has 0 aliphatic heterocycles. The Morgan fingerprint density at radius 3 is 1.03 bits per heavy atom. The van der Waals surface area contributed by atoms with Crippen LogP contribution in [0.3, 0.4) is 0 Å². The number of rotatable bonds is 5. The van der Waals surface area contributed by atoms with Crippen molar-refractivity contribution < 1.29 is 0 Å². The van der Waals surface area contributed by atoms with E-state index in [4.69, 9.17) is 30.6 Å². The van der Waals surface area contributed by atoms with Crippen LogP contribution in [-0.2, 0) is 0 Å². The van der Waals surface area contributed by atoms with E-state index in [1.807, 2.05) is 91.0 Å². The molecule has 0 aliphatic rings. The first kappa shape index (κ1) is 23.6. The minimum Gasteiger partial charge on any atom is -0.208 e. The van der Waals surface area contributed by atoms with Gasteiger partial charge < -0.3 is 0 Å². The molecule has 6 aromatic rings. The summed E-state index contributed by atoms with van der Waals surface area (Å²) >= 11 is 0. The van der Waals surface area contributed by atoms with Gasteiger partial charge in [-0.2, -0.15) is 0 Å². The highest BCUT2D eigenvalue weighted by Gasteiger charge is 2.14. The van der Waals surface area contributed by atoms with Crippen molar-refractivity contribution in [2.75, 3.05) is 0 Å². The van der Waals surface area contributed by atoms with Gasteiger partial charge in [-0.05, 0) is 34.4 Å². The fraction of sp³-hybridized carbons (Fsp3) is 0. The predicted octanol–water partition coefficient (Wildman–Crippen LogP) is 5.79. The molecule has 0 bridgehead atoms. The van der Waals surface area contributed by atoms with Crippen molar-refractivity contribution in [3.8, 4) is 56.4 Å². The molecular formula is C33H21B2N3. The molecule has 0 amide bonds. The van der Waals surface area contributed by atoms with Gasteiger partial charge in [-0.25, -0.2) is 15.0 Å². The molecule has 5 heteroatoms. The summed E-state index contributed by atoms with van der Waals surface area (Å²) in [7, 11) is 12.7. The van der Waals surface area contributed by atoms with Crippen LogP contribution in [0.4, 0.5) is 0 Å². The summed E-state index contributed by atoms with van der Waals surface area (Å²) in [6.07, 6.45) is 0. The van der Waals surface area contributed by atoms with Crippen LogP contribution in [0.25, 0.3) is 56.4 Å². The lowest BCUT2D eigenvalue weighted by molar-refractivity contribution is 1.07. The Kier molecular flexibility index (Phi) is 6.41. The molecule has 38 heavy (non-hydrogen) atoms. The molecule has 4 radical (unpaired) electrons. The van der Waals surface area contributed by atoms with Gasteiger partial charge in [-0.15, -0.1) is 0 Å². The number of hydrogen-bond acceptors (Lipinski definition) is 3. The molecule has 0 aliphatic carbocycles. The minimum absolute atomic E-state index is 0.544. The van der Waals surface area contributed by atoms with Gasteiger partial charge in [0, 0.05) is 16.7 Å². The van der Waals surface area contributed by atoms with Crippen LogP contribution in [-0.4, -0.2) is 30.6 Å². The van der Waals surface area contributed by atoms with Crippen molar-refractivity contribution >= 4 is 26.6 Å². The van der Waals surface area contributed by atoms with Crippen LogP contribution >= 0.6 is 0 Å². The van der Waals surface area contributed by atoms with Gasteiger partial charge in [-0.3, -0.25) is 0 Å². The summed E-state index contributed by atoms with van der Waals surface area (Å²) in [5.74, 6) is 1.67. The van der Waals surface area contributed by atoms with E-state index in [9.17, 15) is 0 Å². The van der Waals surface area contributed by atoms with Gasteiger partial charge in [-0.1, -0.05) is 126 Å². The standard InChI is InChI=1S/C33H21B2N3/c34-29-18-25(22-10-4-1-5-11-22)16-27(20-29)32-36-31(24-14-8-3-9-15-24)37-33(38-32)28-17-26(19-30(35)21-28)23-12-6-2-7-13-23/h1-21H. The fourth-order valence-corrected chi connectivity index (χ4v) is 4.51. The van der Waals surface area contributed by atoms with Gasteiger partial charge in [0.1, 0.15) is 15.7 Å². The largest absolute Gasteiger partial charge is 0.208 e. The molecule has 174 valence electrons. The van der Waals surface area contributed by atoms with E-state index < -0.39 is 0 Å².